The van der Waals surface area contributed by atoms with Crippen molar-refractivity contribution in [1.29, 1.82) is 0 Å². The molecule has 2 saturated heterocycles. The van der Waals surface area contributed by atoms with Crippen LogP contribution in [0, 0.1) is 5.92 Å². The van der Waals surface area contributed by atoms with E-state index in [0.717, 1.165) is 59.5 Å². The third kappa shape index (κ3) is 7.94. The summed E-state index contributed by atoms with van der Waals surface area (Å²) in [7, 11) is 1.77. The van der Waals surface area contributed by atoms with Gasteiger partial charge >= 0.3 is 6.09 Å². The van der Waals surface area contributed by atoms with E-state index < -0.39 is 12.4 Å². The molecule has 1 amide bonds. The van der Waals surface area contributed by atoms with E-state index in [1.54, 1.807) is 7.11 Å². The van der Waals surface area contributed by atoms with Crippen LogP contribution in [0.15, 0.2) is 85.5 Å². The van der Waals surface area contributed by atoms with Gasteiger partial charge in [0.05, 0.1) is 25.4 Å². The van der Waals surface area contributed by atoms with Crippen LogP contribution in [0.1, 0.15) is 54.4 Å². The fraction of sp³-hybridized carbons (Fsp3) is 0.417. The van der Waals surface area contributed by atoms with E-state index in [0.29, 0.717) is 12.6 Å². The summed E-state index contributed by atoms with van der Waals surface area (Å²) in [6, 6.07) is 24.8. The Bertz CT molecular complexity index is 1360. The third-order valence-corrected chi connectivity index (χ3v) is 8.61. The Morgan fingerprint density at radius 3 is 2.55 bits per heavy atom. The highest BCUT2D eigenvalue weighted by atomic mass is 16.7. The molecule has 2 aliphatic heterocycles. The van der Waals surface area contributed by atoms with E-state index in [1.807, 2.05) is 24.3 Å². The van der Waals surface area contributed by atoms with Crippen LogP contribution in [-0.2, 0) is 32.1 Å². The Hall–Kier alpha value is -3.53. The Morgan fingerprint density at radius 1 is 1.05 bits per heavy atom. The maximum Gasteiger partial charge on any atom is 0.407 e. The van der Waals surface area contributed by atoms with Crippen LogP contribution in [-0.4, -0.2) is 61.7 Å². The predicted molar refractivity (Wildman–Crippen MR) is 170 cm³/mol. The van der Waals surface area contributed by atoms with E-state index in [1.165, 1.54) is 12.5 Å². The van der Waals surface area contributed by atoms with Gasteiger partial charge in [0.2, 0.25) is 0 Å². The zero-order valence-corrected chi connectivity index (χ0v) is 25.7. The number of aliphatic hydroxyl groups is 1. The molecule has 2 heterocycles. The smallest absolute Gasteiger partial charge is 0.407 e. The van der Waals surface area contributed by atoms with Gasteiger partial charge in [-0.1, -0.05) is 86.3 Å². The number of likely N-dealkylation sites (tertiary alicyclic amines) is 1. The SMILES string of the molecule is C=CCOC(=O)NCc1cccc(-c2ccc([C@@H]3O[C@H](CN4CCC[C@H]4COC)[C@H](C)[C@H](c4ccc(CO)cc4)O3)cc2)c1. The lowest BCUT2D eigenvalue weighted by molar-refractivity contribution is -0.276. The van der Waals surface area contributed by atoms with Crippen LogP contribution >= 0.6 is 0 Å². The molecule has 2 aliphatic rings. The van der Waals surface area contributed by atoms with Gasteiger partial charge in [-0.25, -0.2) is 4.79 Å². The van der Waals surface area contributed by atoms with Crippen molar-refractivity contribution in [3.8, 4) is 11.1 Å². The molecular formula is C36H44N2O6. The van der Waals surface area contributed by atoms with Crippen molar-refractivity contribution in [2.45, 2.75) is 57.5 Å². The Kier molecular flexibility index (Phi) is 11.2. The number of nitrogens with one attached hydrogen (secondary N) is 1. The average Bonchev–Trinajstić information content (AvgIpc) is 3.50. The summed E-state index contributed by atoms with van der Waals surface area (Å²) in [4.78, 5) is 14.3. The second kappa shape index (κ2) is 15.5. The summed E-state index contributed by atoms with van der Waals surface area (Å²) < 4.78 is 23.9. The van der Waals surface area contributed by atoms with E-state index in [9.17, 15) is 9.90 Å². The van der Waals surface area contributed by atoms with Gasteiger partial charge < -0.3 is 29.4 Å². The van der Waals surface area contributed by atoms with E-state index in [4.69, 9.17) is 18.9 Å². The minimum Gasteiger partial charge on any atom is -0.445 e. The zero-order chi connectivity index (χ0) is 30.9. The molecule has 3 aromatic rings. The number of benzene rings is 3. The van der Waals surface area contributed by atoms with E-state index in [-0.39, 0.29) is 31.3 Å². The second-order valence-corrected chi connectivity index (χ2v) is 11.6. The number of amides is 1. The number of rotatable bonds is 12. The van der Waals surface area contributed by atoms with Crippen molar-refractivity contribution < 1.29 is 28.8 Å². The van der Waals surface area contributed by atoms with Gasteiger partial charge in [0.1, 0.15) is 6.61 Å². The molecule has 0 aromatic heterocycles. The molecule has 5 rings (SSSR count). The van der Waals surface area contributed by atoms with Crippen LogP contribution in [0.4, 0.5) is 4.79 Å². The summed E-state index contributed by atoms with van der Waals surface area (Å²) in [6.07, 6.45) is 2.66. The largest absolute Gasteiger partial charge is 0.445 e. The highest BCUT2D eigenvalue weighted by Gasteiger charge is 2.40. The lowest BCUT2D eigenvalue weighted by Gasteiger charge is -2.43. The first-order chi connectivity index (χ1) is 21.5. The Labute approximate surface area is 260 Å². The topological polar surface area (TPSA) is 89.5 Å². The molecule has 0 bridgehead atoms. The molecule has 0 radical (unpaired) electrons. The molecule has 8 heteroatoms. The number of hydrogen-bond donors (Lipinski definition) is 2. The number of ether oxygens (including phenoxy) is 4. The average molecular weight is 601 g/mol. The first kappa shape index (κ1) is 31.9. The minimum atomic E-state index is -0.520. The molecule has 0 unspecified atom stereocenters. The van der Waals surface area contributed by atoms with Gasteiger partial charge in [-0.05, 0) is 53.3 Å². The van der Waals surface area contributed by atoms with Crippen LogP contribution in [0.25, 0.3) is 11.1 Å². The molecule has 44 heavy (non-hydrogen) atoms. The van der Waals surface area contributed by atoms with Crippen LogP contribution in [0.3, 0.4) is 0 Å². The lowest BCUT2D eigenvalue weighted by atomic mass is 9.89. The molecule has 0 spiro atoms. The second-order valence-electron chi connectivity index (χ2n) is 11.6. The van der Waals surface area contributed by atoms with Gasteiger partial charge in [0.25, 0.3) is 0 Å². The quantitative estimate of drug-likeness (QED) is 0.241. The van der Waals surface area contributed by atoms with Gasteiger partial charge in [-0.15, -0.1) is 0 Å². The predicted octanol–water partition coefficient (Wildman–Crippen LogP) is 6.16. The number of carbonyl (C=O) groups excluding carboxylic acids is 1. The molecule has 3 aromatic carbocycles. The maximum absolute atomic E-state index is 11.8. The van der Waals surface area contributed by atoms with Crippen molar-refractivity contribution in [2.75, 3.05) is 33.4 Å². The first-order valence-electron chi connectivity index (χ1n) is 15.4. The maximum atomic E-state index is 11.8. The Balaban J connectivity index is 1.33. The van der Waals surface area contributed by atoms with Crippen molar-refractivity contribution in [3.63, 3.8) is 0 Å². The number of methoxy groups -OCH3 is 1. The van der Waals surface area contributed by atoms with Crippen molar-refractivity contribution in [3.05, 3.63) is 108 Å². The molecule has 2 N–H and O–H groups in total. The molecule has 234 valence electrons. The molecule has 8 nitrogen and oxygen atoms in total. The van der Waals surface area contributed by atoms with Crippen molar-refractivity contribution in [1.82, 2.24) is 10.2 Å². The number of alkyl carbamates (subject to hydrolysis) is 1. The normalized spacial score (nSPS) is 23.8. The minimum absolute atomic E-state index is 0.0135. The monoisotopic (exact) mass is 600 g/mol. The van der Waals surface area contributed by atoms with Crippen molar-refractivity contribution in [2.24, 2.45) is 5.92 Å². The van der Waals surface area contributed by atoms with E-state index >= 15 is 0 Å². The number of carbonyl (C=O) groups is 1. The summed E-state index contributed by atoms with van der Waals surface area (Å²) in [6.45, 7) is 8.91. The van der Waals surface area contributed by atoms with E-state index in [2.05, 4.69) is 72.3 Å². The van der Waals surface area contributed by atoms with Gasteiger partial charge in [0.15, 0.2) is 6.29 Å². The molecular weight excluding hydrogens is 556 g/mol. The summed E-state index contributed by atoms with van der Waals surface area (Å²) in [5.74, 6) is 0.125. The standard InChI is InChI=1S/C36H44N2O6/c1-4-19-42-36(40)37-21-27-7-5-8-31(20-27)28-14-16-30(17-15-28)35-43-33(22-38-18-6-9-32(38)24-41-3)25(2)34(44-35)29-12-10-26(23-39)11-13-29/h4-5,7-8,10-17,20,25,32-35,39H,1,6,9,18-19,21-24H2,2-3H3,(H,37,40)/t25-,32-,33+,34+,35+/m0/s1. The number of aliphatic hydroxyl groups excluding tert-OH is 1. The van der Waals surface area contributed by atoms with Crippen LogP contribution in [0.2, 0.25) is 0 Å². The number of hydrogen-bond acceptors (Lipinski definition) is 7. The lowest BCUT2D eigenvalue weighted by Crippen LogP contribution is -2.46. The fourth-order valence-electron chi connectivity index (χ4n) is 6.13. The zero-order valence-electron chi connectivity index (χ0n) is 25.7. The summed E-state index contributed by atoms with van der Waals surface area (Å²) >= 11 is 0. The summed E-state index contributed by atoms with van der Waals surface area (Å²) in [5.41, 5.74) is 6.00. The van der Waals surface area contributed by atoms with Crippen LogP contribution in [0.5, 0.6) is 0 Å². The number of nitrogens with zero attached hydrogens (tertiary/aromatic N) is 1. The van der Waals surface area contributed by atoms with Gasteiger partial charge in [-0.2, -0.15) is 0 Å². The summed E-state index contributed by atoms with van der Waals surface area (Å²) in [5, 5.41) is 12.3. The van der Waals surface area contributed by atoms with Crippen molar-refractivity contribution >= 4 is 6.09 Å². The highest BCUT2D eigenvalue weighted by Crippen LogP contribution is 2.42. The van der Waals surface area contributed by atoms with Gasteiger partial charge in [-0.3, -0.25) is 4.90 Å². The molecule has 0 aliphatic carbocycles. The van der Waals surface area contributed by atoms with Crippen LogP contribution < -0.4 is 5.32 Å². The fourth-order valence-corrected chi connectivity index (χ4v) is 6.13. The first-order valence-corrected chi connectivity index (χ1v) is 15.4. The third-order valence-electron chi connectivity index (χ3n) is 8.61. The molecule has 5 atom stereocenters. The Morgan fingerprint density at radius 2 is 1.82 bits per heavy atom. The molecule has 2 fully saturated rings. The highest BCUT2D eigenvalue weighted by molar-refractivity contribution is 5.68. The molecule has 0 saturated carbocycles. The van der Waals surface area contributed by atoms with Gasteiger partial charge in [0, 0.05) is 37.7 Å².